The fourth-order valence-electron chi connectivity index (χ4n) is 2.65. The van der Waals surface area contributed by atoms with Crippen LogP contribution in [0.1, 0.15) is 22.7 Å². The molecule has 2 heterocycles. The van der Waals surface area contributed by atoms with Crippen molar-refractivity contribution in [2.45, 2.75) is 12.6 Å². The molecule has 10 heteroatoms. The number of alkyl halides is 3. The molecule has 0 bridgehead atoms. The van der Waals surface area contributed by atoms with Crippen molar-refractivity contribution in [3.8, 4) is 11.4 Å². The fraction of sp³-hybridized carbons (Fsp3) is 0.471. The predicted octanol–water partition coefficient (Wildman–Crippen LogP) is 2.21. The number of hydrogen-bond acceptors (Lipinski definition) is 6. The Hall–Kier alpha value is -2.46. The van der Waals surface area contributed by atoms with E-state index in [0.29, 0.717) is 12.1 Å². The van der Waals surface area contributed by atoms with E-state index >= 15 is 0 Å². The Kier molecular flexibility index (Phi) is 6.07. The van der Waals surface area contributed by atoms with E-state index in [9.17, 15) is 18.0 Å². The minimum absolute atomic E-state index is 0.0576. The maximum Gasteiger partial charge on any atom is 0.416 e. The first-order chi connectivity index (χ1) is 12.9. The summed E-state index contributed by atoms with van der Waals surface area (Å²) in [5.74, 6) is -0.680. The Morgan fingerprint density at radius 3 is 2.56 bits per heavy atom. The molecule has 0 radical (unpaired) electrons. The lowest BCUT2D eigenvalue weighted by molar-refractivity contribution is -0.137. The lowest BCUT2D eigenvalue weighted by atomic mass is 10.1. The van der Waals surface area contributed by atoms with Gasteiger partial charge in [0.1, 0.15) is 0 Å². The number of morpholine rings is 1. The van der Waals surface area contributed by atoms with E-state index in [1.807, 2.05) is 0 Å². The third-order valence-electron chi connectivity index (χ3n) is 4.13. The van der Waals surface area contributed by atoms with Crippen LogP contribution in [-0.4, -0.2) is 60.3 Å². The Bertz CT molecular complexity index is 756. The zero-order valence-electron chi connectivity index (χ0n) is 14.5. The molecular weight excluding hydrogens is 365 g/mol. The molecule has 1 aromatic heterocycles. The Balaban J connectivity index is 1.50. The van der Waals surface area contributed by atoms with Crippen molar-refractivity contribution in [2.24, 2.45) is 0 Å². The number of nitrogens with one attached hydrogen (secondary N) is 1. The second kappa shape index (κ2) is 8.49. The lowest BCUT2D eigenvalue weighted by Gasteiger charge is -2.26. The van der Waals surface area contributed by atoms with Crippen LogP contribution in [0.15, 0.2) is 28.8 Å². The molecule has 1 amide bonds. The summed E-state index contributed by atoms with van der Waals surface area (Å²) in [6.07, 6.45) is -3.65. The molecule has 1 aromatic carbocycles. The van der Waals surface area contributed by atoms with E-state index in [1.165, 1.54) is 12.1 Å². The smallest absolute Gasteiger partial charge is 0.379 e. The molecule has 2 aromatic rings. The first-order valence-corrected chi connectivity index (χ1v) is 8.53. The van der Waals surface area contributed by atoms with Gasteiger partial charge in [-0.2, -0.15) is 18.2 Å². The Labute approximate surface area is 153 Å². The standard InChI is InChI=1S/C17H19F3N4O3/c18-17(19,20)13-4-2-12(3-5-13)14-22-16(27-23-14)15(25)21-6-1-7-24-8-10-26-11-9-24/h2-5H,1,6-11H2,(H,21,25). The SMILES string of the molecule is O=C(NCCCN1CCOCC1)c1nc(-c2ccc(C(F)(F)F)cc2)no1. The van der Waals surface area contributed by atoms with Crippen LogP contribution in [0.3, 0.4) is 0 Å². The molecule has 0 spiro atoms. The van der Waals surface area contributed by atoms with Gasteiger partial charge in [-0.25, -0.2) is 0 Å². The zero-order chi connectivity index (χ0) is 19.3. The maximum atomic E-state index is 12.6. The quantitative estimate of drug-likeness (QED) is 0.770. The number of amides is 1. The minimum atomic E-state index is -4.41. The molecule has 1 saturated heterocycles. The first kappa shape index (κ1) is 19.3. The summed E-state index contributed by atoms with van der Waals surface area (Å²) in [5, 5.41) is 6.34. The van der Waals surface area contributed by atoms with Crippen LogP contribution in [0.25, 0.3) is 11.4 Å². The second-order valence-electron chi connectivity index (χ2n) is 6.06. The van der Waals surface area contributed by atoms with Crippen LogP contribution in [0.4, 0.5) is 13.2 Å². The topological polar surface area (TPSA) is 80.5 Å². The van der Waals surface area contributed by atoms with Crippen LogP contribution >= 0.6 is 0 Å². The average molecular weight is 384 g/mol. The largest absolute Gasteiger partial charge is 0.416 e. The van der Waals surface area contributed by atoms with Gasteiger partial charge in [0.05, 0.1) is 18.8 Å². The van der Waals surface area contributed by atoms with E-state index in [4.69, 9.17) is 9.26 Å². The Morgan fingerprint density at radius 2 is 1.89 bits per heavy atom. The van der Waals surface area contributed by atoms with E-state index in [2.05, 4.69) is 20.4 Å². The van der Waals surface area contributed by atoms with Gasteiger partial charge in [-0.1, -0.05) is 17.3 Å². The van der Waals surface area contributed by atoms with E-state index < -0.39 is 17.6 Å². The first-order valence-electron chi connectivity index (χ1n) is 8.53. The van der Waals surface area contributed by atoms with Crippen LogP contribution in [0.2, 0.25) is 0 Å². The Morgan fingerprint density at radius 1 is 1.19 bits per heavy atom. The summed E-state index contributed by atoms with van der Waals surface area (Å²) in [4.78, 5) is 18.2. The number of benzene rings is 1. The number of nitrogens with zero attached hydrogens (tertiary/aromatic N) is 3. The molecule has 0 saturated carbocycles. The predicted molar refractivity (Wildman–Crippen MR) is 88.9 cm³/mol. The highest BCUT2D eigenvalue weighted by Gasteiger charge is 2.30. The van der Waals surface area contributed by atoms with Gasteiger partial charge in [0, 0.05) is 25.2 Å². The third kappa shape index (κ3) is 5.27. The van der Waals surface area contributed by atoms with Crippen LogP contribution in [-0.2, 0) is 10.9 Å². The zero-order valence-corrected chi connectivity index (χ0v) is 14.5. The molecule has 146 valence electrons. The molecule has 1 aliphatic rings. The van der Waals surface area contributed by atoms with Gasteiger partial charge in [-0.3, -0.25) is 9.69 Å². The second-order valence-corrected chi connectivity index (χ2v) is 6.06. The maximum absolute atomic E-state index is 12.6. The number of aromatic nitrogens is 2. The van der Waals surface area contributed by atoms with Crippen molar-refractivity contribution in [2.75, 3.05) is 39.4 Å². The van der Waals surface area contributed by atoms with Gasteiger partial charge >= 0.3 is 18.0 Å². The molecule has 1 fully saturated rings. The minimum Gasteiger partial charge on any atom is -0.379 e. The number of hydrogen-bond donors (Lipinski definition) is 1. The fourth-order valence-corrected chi connectivity index (χ4v) is 2.65. The summed E-state index contributed by atoms with van der Waals surface area (Å²) in [6, 6.07) is 4.32. The molecule has 1 aliphatic heterocycles. The molecule has 7 nitrogen and oxygen atoms in total. The summed E-state index contributed by atoms with van der Waals surface area (Å²) in [7, 11) is 0. The molecule has 1 N–H and O–H groups in total. The highest BCUT2D eigenvalue weighted by atomic mass is 19.4. The van der Waals surface area contributed by atoms with Crippen molar-refractivity contribution in [1.29, 1.82) is 0 Å². The van der Waals surface area contributed by atoms with Gasteiger partial charge in [0.15, 0.2) is 0 Å². The number of halogens is 3. The monoisotopic (exact) mass is 384 g/mol. The normalized spacial score (nSPS) is 15.7. The highest BCUT2D eigenvalue weighted by Crippen LogP contribution is 2.30. The number of carbonyl (C=O) groups is 1. The van der Waals surface area contributed by atoms with Crippen LogP contribution in [0.5, 0.6) is 0 Å². The van der Waals surface area contributed by atoms with Gasteiger partial charge in [0.2, 0.25) is 5.82 Å². The van der Waals surface area contributed by atoms with Gasteiger partial charge < -0.3 is 14.6 Å². The van der Waals surface area contributed by atoms with E-state index in [1.54, 1.807) is 0 Å². The van der Waals surface area contributed by atoms with Crippen molar-refractivity contribution >= 4 is 5.91 Å². The van der Waals surface area contributed by atoms with Crippen molar-refractivity contribution < 1.29 is 27.2 Å². The molecule has 27 heavy (non-hydrogen) atoms. The lowest BCUT2D eigenvalue weighted by Crippen LogP contribution is -2.38. The average Bonchev–Trinajstić information content (AvgIpc) is 3.16. The molecule has 3 rings (SSSR count). The van der Waals surface area contributed by atoms with Gasteiger partial charge in [-0.05, 0) is 25.1 Å². The van der Waals surface area contributed by atoms with Crippen molar-refractivity contribution in [3.63, 3.8) is 0 Å². The number of rotatable bonds is 6. The molecule has 0 aliphatic carbocycles. The molecule has 0 unspecified atom stereocenters. The summed E-state index contributed by atoms with van der Waals surface area (Å²) >= 11 is 0. The van der Waals surface area contributed by atoms with E-state index in [-0.39, 0.29) is 11.7 Å². The highest BCUT2D eigenvalue weighted by molar-refractivity contribution is 5.89. The number of ether oxygens (including phenoxy) is 1. The number of carbonyl (C=O) groups excluding carboxylic acids is 1. The summed E-state index contributed by atoms with van der Waals surface area (Å²) in [5.41, 5.74) is -0.439. The van der Waals surface area contributed by atoms with Gasteiger partial charge in [0.25, 0.3) is 0 Å². The molecular formula is C17H19F3N4O3. The molecule has 0 atom stereocenters. The van der Waals surface area contributed by atoms with Gasteiger partial charge in [-0.15, -0.1) is 0 Å². The third-order valence-corrected chi connectivity index (χ3v) is 4.13. The van der Waals surface area contributed by atoms with Crippen molar-refractivity contribution in [3.05, 3.63) is 35.7 Å². The van der Waals surface area contributed by atoms with Crippen LogP contribution < -0.4 is 5.32 Å². The van der Waals surface area contributed by atoms with Crippen molar-refractivity contribution in [1.82, 2.24) is 20.4 Å². The van der Waals surface area contributed by atoms with E-state index in [0.717, 1.165) is 51.4 Å². The summed E-state index contributed by atoms with van der Waals surface area (Å²) in [6.45, 7) is 4.52. The van der Waals surface area contributed by atoms with Crippen LogP contribution in [0, 0.1) is 0 Å². The summed E-state index contributed by atoms with van der Waals surface area (Å²) < 4.78 is 47.9.